The summed E-state index contributed by atoms with van der Waals surface area (Å²) in [6.07, 6.45) is 3.83. The molecule has 1 fully saturated rings. The highest BCUT2D eigenvalue weighted by molar-refractivity contribution is 5.84. The second kappa shape index (κ2) is 7.38. The normalized spacial score (nSPS) is 21.4. The maximum atomic E-state index is 14.2. The fourth-order valence-corrected chi connectivity index (χ4v) is 4.49. The van der Waals surface area contributed by atoms with Crippen LogP contribution in [0, 0.1) is 12.8 Å². The fraction of sp³-hybridized carbons (Fsp3) is 0.500. The van der Waals surface area contributed by atoms with Crippen molar-refractivity contribution in [3.63, 3.8) is 0 Å². The zero-order chi connectivity index (χ0) is 19.7. The molecular formula is C20H24F2N2O3. The lowest BCUT2D eigenvalue weighted by Gasteiger charge is -2.42. The zero-order valence-corrected chi connectivity index (χ0v) is 15.5. The van der Waals surface area contributed by atoms with Crippen molar-refractivity contribution in [2.75, 3.05) is 0 Å². The highest BCUT2D eigenvalue weighted by atomic mass is 19.3. The molecule has 146 valence electrons. The largest absolute Gasteiger partial charge is 0.352 e. The van der Waals surface area contributed by atoms with E-state index in [4.69, 9.17) is 0 Å². The molecule has 5 nitrogen and oxygen atoms in total. The van der Waals surface area contributed by atoms with Crippen LogP contribution in [0.1, 0.15) is 50.4 Å². The second-order valence-corrected chi connectivity index (χ2v) is 7.21. The van der Waals surface area contributed by atoms with E-state index in [1.807, 2.05) is 23.6 Å². The molecule has 0 spiro atoms. The van der Waals surface area contributed by atoms with Crippen molar-refractivity contribution in [3.8, 4) is 5.69 Å². The zero-order valence-electron chi connectivity index (χ0n) is 15.5. The molecule has 2 atom stereocenters. The van der Waals surface area contributed by atoms with E-state index in [1.165, 1.54) is 0 Å². The monoisotopic (exact) mass is 378 g/mol. The molecule has 1 aromatic carbocycles. The molecule has 3 rings (SSSR count). The Bertz CT molecular complexity index is 821. The molecule has 1 aromatic heterocycles. The van der Waals surface area contributed by atoms with Crippen molar-refractivity contribution in [2.45, 2.75) is 57.3 Å². The van der Waals surface area contributed by atoms with Gasteiger partial charge in [0.25, 0.3) is 0 Å². The number of benzene rings is 1. The van der Waals surface area contributed by atoms with Gasteiger partial charge in [-0.2, -0.15) is 5.26 Å². The number of imidazole rings is 1. The summed E-state index contributed by atoms with van der Waals surface area (Å²) in [5.74, 6) is -3.66. The lowest BCUT2D eigenvalue weighted by atomic mass is 9.62. The number of alkyl halides is 2. The number of hydrogen-bond acceptors (Lipinski definition) is 4. The molecule has 1 N–H and O–H groups in total. The van der Waals surface area contributed by atoms with Crippen molar-refractivity contribution in [1.29, 1.82) is 0 Å². The molecule has 1 heterocycles. The quantitative estimate of drug-likeness (QED) is 0.607. The molecular weight excluding hydrogens is 354 g/mol. The highest BCUT2D eigenvalue weighted by Gasteiger charge is 2.53. The Labute approximate surface area is 156 Å². The molecule has 27 heavy (non-hydrogen) atoms. The van der Waals surface area contributed by atoms with Gasteiger partial charge in [0.1, 0.15) is 11.2 Å². The van der Waals surface area contributed by atoms with Crippen LogP contribution in [0.15, 0.2) is 36.7 Å². The standard InChI is InChI=1S/C20H24F2N2O3/c1-3-20(18(25)27-26,15-7-6-10-19(21,22)13-15)16-8-4-5-9-17(16)24-12-11-23-14(24)2/h4-5,8-9,11-12,15,26H,3,6-7,10,13H2,1-2H3/t15-,20?/m1/s1. The summed E-state index contributed by atoms with van der Waals surface area (Å²) in [6, 6.07) is 7.15. The van der Waals surface area contributed by atoms with Gasteiger partial charge in [0.2, 0.25) is 5.92 Å². The molecule has 7 heteroatoms. The van der Waals surface area contributed by atoms with E-state index in [0.717, 1.165) is 0 Å². The van der Waals surface area contributed by atoms with Gasteiger partial charge in [0.05, 0.1) is 5.69 Å². The molecule has 0 saturated heterocycles. The molecule has 1 unspecified atom stereocenters. The maximum Gasteiger partial charge on any atom is 0.352 e. The topological polar surface area (TPSA) is 64.3 Å². The van der Waals surface area contributed by atoms with Gasteiger partial charge >= 0.3 is 5.97 Å². The summed E-state index contributed by atoms with van der Waals surface area (Å²) in [7, 11) is 0. The number of halogens is 2. The van der Waals surface area contributed by atoms with Gasteiger partial charge in [0, 0.05) is 25.2 Å². The average molecular weight is 378 g/mol. The highest BCUT2D eigenvalue weighted by Crippen LogP contribution is 2.50. The lowest BCUT2D eigenvalue weighted by molar-refractivity contribution is -0.244. The Morgan fingerprint density at radius 3 is 2.78 bits per heavy atom. The minimum atomic E-state index is -2.83. The van der Waals surface area contributed by atoms with Gasteiger partial charge in [-0.05, 0) is 43.7 Å². The molecule has 1 aliphatic rings. The fourth-order valence-electron chi connectivity index (χ4n) is 4.49. The van der Waals surface area contributed by atoms with Crippen LogP contribution in [0.2, 0.25) is 0 Å². The summed E-state index contributed by atoms with van der Waals surface area (Å²) >= 11 is 0. The number of carbonyl (C=O) groups excluding carboxylic acids is 1. The van der Waals surface area contributed by atoms with Crippen molar-refractivity contribution in [3.05, 3.63) is 48.0 Å². The van der Waals surface area contributed by atoms with E-state index >= 15 is 0 Å². The summed E-state index contributed by atoms with van der Waals surface area (Å²) in [5, 5.41) is 9.24. The van der Waals surface area contributed by atoms with E-state index in [9.17, 15) is 18.8 Å². The number of aromatic nitrogens is 2. The number of rotatable bonds is 5. The van der Waals surface area contributed by atoms with E-state index < -0.39 is 29.6 Å². The first-order chi connectivity index (χ1) is 12.9. The van der Waals surface area contributed by atoms with Crippen molar-refractivity contribution in [1.82, 2.24) is 9.55 Å². The number of hydrogen-bond donors (Lipinski definition) is 1. The third-order valence-electron chi connectivity index (χ3n) is 5.81. The molecule has 2 aromatic rings. The van der Waals surface area contributed by atoms with Crippen LogP contribution in [-0.4, -0.2) is 26.7 Å². The number of para-hydroxylation sites is 1. The SMILES string of the molecule is CCC(C(=O)OO)(c1ccccc1-n1ccnc1C)[C@@H]1CCCC(F)(F)C1. The van der Waals surface area contributed by atoms with Gasteiger partial charge < -0.3 is 9.45 Å². The van der Waals surface area contributed by atoms with Gasteiger partial charge in [-0.3, -0.25) is 0 Å². The number of aryl methyl sites for hydroxylation is 1. The Balaban J connectivity index is 2.21. The van der Waals surface area contributed by atoms with Gasteiger partial charge in [-0.1, -0.05) is 25.1 Å². The van der Waals surface area contributed by atoms with Crippen molar-refractivity contribution < 1.29 is 23.7 Å². The number of carbonyl (C=O) groups is 1. The smallest absolute Gasteiger partial charge is 0.304 e. The molecule has 0 amide bonds. The third kappa shape index (κ3) is 3.36. The third-order valence-corrected chi connectivity index (χ3v) is 5.81. The maximum absolute atomic E-state index is 14.2. The van der Waals surface area contributed by atoms with E-state index in [0.29, 0.717) is 29.9 Å². The first-order valence-corrected chi connectivity index (χ1v) is 9.19. The van der Waals surface area contributed by atoms with Crippen molar-refractivity contribution >= 4 is 5.97 Å². The predicted molar refractivity (Wildman–Crippen MR) is 95.9 cm³/mol. The first-order valence-electron chi connectivity index (χ1n) is 9.19. The van der Waals surface area contributed by atoms with Gasteiger partial charge in [-0.15, -0.1) is 0 Å². The summed E-state index contributed by atoms with van der Waals surface area (Å²) in [4.78, 5) is 21.2. The van der Waals surface area contributed by atoms with Crippen LogP contribution in [0.25, 0.3) is 5.69 Å². The Morgan fingerprint density at radius 1 is 1.44 bits per heavy atom. The van der Waals surface area contributed by atoms with Crippen LogP contribution in [0.4, 0.5) is 8.78 Å². The van der Waals surface area contributed by atoms with Crippen LogP contribution in [-0.2, 0) is 15.1 Å². The molecule has 0 bridgehead atoms. The summed E-state index contributed by atoms with van der Waals surface area (Å²) in [6.45, 7) is 3.59. The molecule has 1 aliphatic carbocycles. The van der Waals surface area contributed by atoms with Gasteiger partial charge in [0.15, 0.2) is 0 Å². The summed E-state index contributed by atoms with van der Waals surface area (Å²) in [5.41, 5.74) is -0.129. The van der Waals surface area contributed by atoms with Gasteiger partial charge in [-0.25, -0.2) is 18.6 Å². The summed E-state index contributed by atoms with van der Waals surface area (Å²) < 4.78 is 30.2. The minimum Gasteiger partial charge on any atom is -0.304 e. The molecule has 1 saturated carbocycles. The predicted octanol–water partition coefficient (Wildman–Crippen LogP) is 4.67. The Hall–Kier alpha value is -2.28. The van der Waals surface area contributed by atoms with E-state index in [2.05, 4.69) is 9.87 Å². The van der Waals surface area contributed by atoms with E-state index in [-0.39, 0.29) is 12.8 Å². The Morgan fingerprint density at radius 2 is 2.19 bits per heavy atom. The lowest BCUT2D eigenvalue weighted by Crippen LogP contribution is -2.48. The van der Waals surface area contributed by atoms with Crippen LogP contribution < -0.4 is 0 Å². The molecule has 0 aliphatic heterocycles. The Kier molecular flexibility index (Phi) is 5.33. The van der Waals surface area contributed by atoms with Crippen LogP contribution in [0.3, 0.4) is 0 Å². The van der Waals surface area contributed by atoms with Crippen molar-refractivity contribution in [2.24, 2.45) is 5.92 Å². The number of nitrogens with zero attached hydrogens (tertiary/aromatic N) is 2. The first kappa shape index (κ1) is 19.5. The van der Waals surface area contributed by atoms with Crippen LogP contribution >= 0.6 is 0 Å². The minimum absolute atomic E-state index is 0.181. The van der Waals surface area contributed by atoms with Crippen LogP contribution in [0.5, 0.6) is 0 Å². The average Bonchev–Trinajstić information content (AvgIpc) is 3.08. The van der Waals surface area contributed by atoms with E-state index in [1.54, 1.807) is 31.5 Å². The second-order valence-electron chi connectivity index (χ2n) is 7.21. The molecule has 0 radical (unpaired) electrons.